The van der Waals surface area contributed by atoms with Crippen LogP contribution in [0, 0.1) is 0 Å². The van der Waals surface area contributed by atoms with E-state index in [1.54, 1.807) is 4.90 Å². The van der Waals surface area contributed by atoms with E-state index >= 15 is 0 Å². The third-order valence-electron chi connectivity index (χ3n) is 3.90. The molecule has 2 aromatic rings. The van der Waals surface area contributed by atoms with Crippen molar-refractivity contribution in [2.45, 2.75) is 26.2 Å². The molecule has 1 heterocycles. The van der Waals surface area contributed by atoms with Crippen LogP contribution in [-0.2, 0) is 11.3 Å². The molecule has 1 saturated heterocycles. The van der Waals surface area contributed by atoms with E-state index in [0.717, 1.165) is 11.3 Å². The van der Waals surface area contributed by atoms with Crippen molar-refractivity contribution in [3.8, 4) is 0 Å². The fourth-order valence-corrected chi connectivity index (χ4v) is 3.89. The summed E-state index contributed by atoms with van der Waals surface area (Å²) < 4.78 is 0. The molecule has 25 heavy (non-hydrogen) atoms. The average Bonchev–Trinajstić information content (AvgIpc) is 2.80. The van der Waals surface area contributed by atoms with Gasteiger partial charge in [0.1, 0.15) is 5.70 Å². The lowest BCUT2D eigenvalue weighted by Crippen LogP contribution is -2.32. The highest BCUT2D eigenvalue weighted by Crippen LogP contribution is 2.30. The first-order valence-corrected chi connectivity index (χ1v) is 11.9. The third kappa shape index (κ3) is 3.72. The highest BCUT2D eigenvalue weighted by atomic mass is 28.3. The van der Waals surface area contributed by atoms with Crippen molar-refractivity contribution in [3.63, 3.8) is 0 Å². The average molecular weight is 350 g/mol. The number of urea groups is 1. The van der Waals surface area contributed by atoms with Crippen LogP contribution < -0.4 is 4.90 Å². The van der Waals surface area contributed by atoms with E-state index in [-0.39, 0.29) is 18.5 Å². The largest absolute Gasteiger partial charge is 0.336 e. The van der Waals surface area contributed by atoms with Gasteiger partial charge in [0.2, 0.25) is 0 Å². The Hall–Kier alpha value is -2.66. The molecule has 1 fully saturated rings. The van der Waals surface area contributed by atoms with Crippen LogP contribution in [0.2, 0.25) is 19.6 Å². The number of rotatable bonds is 4. The van der Waals surface area contributed by atoms with Gasteiger partial charge in [-0.1, -0.05) is 73.9 Å². The van der Waals surface area contributed by atoms with Crippen molar-refractivity contribution in [1.29, 1.82) is 0 Å². The number of nitrogens with zero attached hydrogens (tertiary/aromatic N) is 2. The van der Waals surface area contributed by atoms with Crippen molar-refractivity contribution in [2.75, 3.05) is 4.90 Å². The van der Waals surface area contributed by atoms with E-state index in [1.165, 1.54) is 4.90 Å². The van der Waals surface area contributed by atoms with E-state index in [4.69, 9.17) is 0 Å². The molecule has 0 unspecified atom stereocenters. The lowest BCUT2D eigenvalue weighted by Gasteiger charge is -2.19. The maximum atomic E-state index is 13.0. The SMILES string of the molecule is C[Si](C)(C)/C=C1/C(=O)N(Cc2ccccc2)C(=O)N1c1ccccc1. The predicted molar refractivity (Wildman–Crippen MR) is 103 cm³/mol. The summed E-state index contributed by atoms with van der Waals surface area (Å²) in [6, 6.07) is 18.7. The Labute approximate surface area is 149 Å². The Kier molecular flexibility index (Phi) is 4.59. The summed E-state index contributed by atoms with van der Waals surface area (Å²) in [5.41, 5.74) is 4.14. The minimum absolute atomic E-state index is 0.222. The van der Waals surface area contributed by atoms with Gasteiger partial charge in [0.25, 0.3) is 5.91 Å². The molecule has 3 amide bonds. The first-order valence-electron chi connectivity index (χ1n) is 8.34. The van der Waals surface area contributed by atoms with Gasteiger partial charge in [-0.05, 0) is 17.7 Å². The van der Waals surface area contributed by atoms with Crippen LogP contribution in [0.15, 0.2) is 72.1 Å². The van der Waals surface area contributed by atoms with Crippen LogP contribution in [0.3, 0.4) is 0 Å². The van der Waals surface area contributed by atoms with Crippen molar-refractivity contribution in [2.24, 2.45) is 0 Å². The smallest absolute Gasteiger partial charge is 0.267 e. The molecule has 0 bridgehead atoms. The standard InChI is InChI=1S/C20H22N2O2Si/c1-25(2,3)15-18-19(23)21(14-16-10-6-4-7-11-16)20(24)22(18)17-12-8-5-9-13-17/h4-13,15H,14H2,1-3H3/b18-15-. The Morgan fingerprint density at radius 2 is 1.44 bits per heavy atom. The van der Waals surface area contributed by atoms with Crippen LogP contribution >= 0.6 is 0 Å². The molecule has 0 saturated carbocycles. The number of carbonyl (C=O) groups is 2. The number of para-hydroxylation sites is 1. The van der Waals surface area contributed by atoms with E-state index in [0.29, 0.717) is 5.70 Å². The Bertz CT molecular complexity index is 811. The number of benzene rings is 2. The van der Waals surface area contributed by atoms with Crippen molar-refractivity contribution in [1.82, 2.24) is 4.90 Å². The summed E-state index contributed by atoms with van der Waals surface area (Å²) >= 11 is 0. The van der Waals surface area contributed by atoms with E-state index in [1.807, 2.05) is 66.4 Å². The maximum absolute atomic E-state index is 13.0. The molecule has 0 aromatic heterocycles. The molecule has 1 aliphatic rings. The Morgan fingerprint density at radius 1 is 0.880 bits per heavy atom. The van der Waals surface area contributed by atoms with Gasteiger partial charge in [0, 0.05) is 0 Å². The molecule has 0 radical (unpaired) electrons. The van der Waals surface area contributed by atoms with Gasteiger partial charge in [-0.3, -0.25) is 14.6 Å². The number of amides is 3. The normalized spacial score (nSPS) is 16.8. The van der Waals surface area contributed by atoms with Crippen LogP contribution in [0.5, 0.6) is 0 Å². The summed E-state index contributed by atoms with van der Waals surface area (Å²) in [6.45, 7) is 6.74. The maximum Gasteiger partial charge on any atom is 0.336 e. The zero-order chi connectivity index (χ0) is 18.0. The lowest BCUT2D eigenvalue weighted by atomic mass is 10.2. The molecule has 1 aliphatic heterocycles. The van der Waals surface area contributed by atoms with Crippen molar-refractivity contribution < 1.29 is 9.59 Å². The highest BCUT2D eigenvalue weighted by Gasteiger charge is 2.42. The summed E-state index contributed by atoms with van der Waals surface area (Å²) in [5.74, 6) is -0.222. The zero-order valence-corrected chi connectivity index (χ0v) is 15.8. The number of anilines is 1. The molecule has 0 aliphatic carbocycles. The molecule has 4 nitrogen and oxygen atoms in total. The van der Waals surface area contributed by atoms with Gasteiger partial charge >= 0.3 is 6.03 Å². The number of hydrogen-bond acceptors (Lipinski definition) is 2. The summed E-state index contributed by atoms with van der Waals surface area (Å²) in [6.07, 6.45) is 0. The lowest BCUT2D eigenvalue weighted by molar-refractivity contribution is -0.123. The van der Waals surface area contributed by atoms with E-state index in [9.17, 15) is 9.59 Å². The van der Waals surface area contributed by atoms with Crippen LogP contribution in [0.4, 0.5) is 10.5 Å². The fraction of sp³-hybridized carbons (Fsp3) is 0.200. The van der Waals surface area contributed by atoms with Crippen LogP contribution in [0.1, 0.15) is 5.56 Å². The minimum atomic E-state index is -1.69. The topological polar surface area (TPSA) is 40.6 Å². The molecule has 3 rings (SSSR count). The Balaban J connectivity index is 2.02. The number of hydrogen-bond donors (Lipinski definition) is 0. The zero-order valence-electron chi connectivity index (χ0n) is 14.8. The predicted octanol–water partition coefficient (Wildman–Crippen LogP) is 4.42. The quantitative estimate of drug-likeness (QED) is 0.465. The van der Waals surface area contributed by atoms with Gasteiger partial charge in [0.05, 0.1) is 20.3 Å². The van der Waals surface area contributed by atoms with E-state index in [2.05, 4.69) is 19.6 Å². The Morgan fingerprint density at radius 3 is 2.00 bits per heavy atom. The molecular formula is C20H22N2O2Si. The van der Waals surface area contributed by atoms with Gasteiger partial charge in [-0.15, -0.1) is 0 Å². The molecular weight excluding hydrogens is 328 g/mol. The molecule has 0 atom stereocenters. The van der Waals surface area contributed by atoms with Crippen LogP contribution in [0.25, 0.3) is 0 Å². The number of carbonyl (C=O) groups excluding carboxylic acids is 2. The summed E-state index contributed by atoms with van der Waals surface area (Å²) in [5, 5.41) is 0. The van der Waals surface area contributed by atoms with Crippen molar-refractivity contribution >= 4 is 25.7 Å². The second-order valence-electron chi connectivity index (χ2n) is 7.23. The number of imide groups is 1. The van der Waals surface area contributed by atoms with Crippen molar-refractivity contribution in [3.05, 3.63) is 77.6 Å². The monoisotopic (exact) mass is 350 g/mol. The second kappa shape index (κ2) is 6.68. The fourth-order valence-electron chi connectivity index (χ4n) is 2.81. The van der Waals surface area contributed by atoms with Gasteiger partial charge in [-0.25, -0.2) is 4.79 Å². The van der Waals surface area contributed by atoms with Gasteiger partial charge in [-0.2, -0.15) is 0 Å². The second-order valence-corrected chi connectivity index (χ2v) is 12.2. The molecule has 128 valence electrons. The molecule has 5 heteroatoms. The van der Waals surface area contributed by atoms with Gasteiger partial charge < -0.3 is 0 Å². The first kappa shape index (κ1) is 17.2. The third-order valence-corrected chi connectivity index (χ3v) is 5.03. The van der Waals surface area contributed by atoms with Crippen LogP contribution in [-0.4, -0.2) is 24.9 Å². The molecule has 0 spiro atoms. The summed E-state index contributed by atoms with van der Waals surface area (Å²) in [4.78, 5) is 28.9. The molecule has 2 aromatic carbocycles. The first-order chi connectivity index (χ1) is 11.9. The minimum Gasteiger partial charge on any atom is -0.267 e. The molecule has 0 N–H and O–H groups in total. The van der Waals surface area contributed by atoms with Gasteiger partial charge in [0.15, 0.2) is 0 Å². The highest BCUT2D eigenvalue weighted by molar-refractivity contribution is 6.81. The van der Waals surface area contributed by atoms with E-state index < -0.39 is 8.07 Å². The summed E-state index contributed by atoms with van der Waals surface area (Å²) in [7, 11) is -1.69.